The third-order valence-electron chi connectivity index (χ3n) is 2.97. The van der Waals surface area contributed by atoms with E-state index in [1.54, 1.807) is 29.1 Å². The number of hydrogen-bond acceptors (Lipinski definition) is 5. The van der Waals surface area contributed by atoms with E-state index in [-0.39, 0.29) is 23.4 Å². The number of aromatic nitrogens is 1. The Labute approximate surface area is 133 Å². The first-order valence-corrected chi connectivity index (χ1v) is 9.15. The van der Waals surface area contributed by atoms with Gasteiger partial charge in [-0.3, -0.25) is 4.79 Å². The summed E-state index contributed by atoms with van der Waals surface area (Å²) in [7, 11) is -3.50. The number of nitrogens with one attached hydrogen (secondary N) is 2. The van der Waals surface area contributed by atoms with E-state index in [4.69, 9.17) is 0 Å². The highest BCUT2D eigenvalue weighted by molar-refractivity contribution is 7.89. The lowest BCUT2D eigenvalue weighted by atomic mass is 10.2. The van der Waals surface area contributed by atoms with Crippen molar-refractivity contribution in [3.63, 3.8) is 0 Å². The Bertz CT molecular complexity index is 700. The van der Waals surface area contributed by atoms with Crippen LogP contribution in [0.25, 0.3) is 0 Å². The summed E-state index contributed by atoms with van der Waals surface area (Å²) >= 11 is 1.35. The van der Waals surface area contributed by atoms with Crippen LogP contribution in [0.4, 0.5) is 0 Å². The molecule has 118 valence electrons. The van der Waals surface area contributed by atoms with Crippen molar-refractivity contribution in [3.05, 3.63) is 46.9 Å². The Morgan fingerprint density at radius 1 is 1.32 bits per heavy atom. The molecular weight excluding hydrogens is 322 g/mol. The number of carbonyl (C=O) groups excluding carboxylic acids is 1. The third kappa shape index (κ3) is 4.62. The maximum atomic E-state index is 12.0. The van der Waals surface area contributed by atoms with Crippen LogP contribution in [0.15, 0.2) is 46.1 Å². The smallest absolute Gasteiger partial charge is 0.270 e. The van der Waals surface area contributed by atoms with Gasteiger partial charge in [-0.25, -0.2) is 18.1 Å². The van der Waals surface area contributed by atoms with Gasteiger partial charge in [-0.15, -0.1) is 11.3 Å². The first-order chi connectivity index (χ1) is 10.5. The summed E-state index contributed by atoms with van der Waals surface area (Å²) in [6, 6.07) is 8.02. The zero-order valence-corrected chi connectivity index (χ0v) is 13.7. The molecule has 1 aromatic heterocycles. The molecule has 2 N–H and O–H groups in total. The topological polar surface area (TPSA) is 88.2 Å². The molecule has 0 aliphatic carbocycles. The Kier molecular flexibility index (Phi) is 5.64. The van der Waals surface area contributed by atoms with Crippen LogP contribution in [-0.2, 0) is 10.0 Å². The van der Waals surface area contributed by atoms with E-state index in [9.17, 15) is 13.2 Å². The first kappa shape index (κ1) is 16.6. The van der Waals surface area contributed by atoms with Gasteiger partial charge in [0.25, 0.3) is 5.91 Å². The van der Waals surface area contributed by atoms with Gasteiger partial charge >= 0.3 is 0 Å². The molecule has 1 unspecified atom stereocenters. The molecule has 1 heterocycles. The molecule has 0 saturated heterocycles. The fourth-order valence-corrected chi connectivity index (χ4v) is 3.39. The fraction of sp³-hybridized carbons (Fsp3) is 0.286. The molecule has 0 radical (unpaired) electrons. The number of carbonyl (C=O) groups is 1. The second-order valence-electron chi connectivity index (χ2n) is 4.75. The minimum atomic E-state index is -3.50. The normalized spacial score (nSPS) is 12.8. The Morgan fingerprint density at radius 2 is 2.05 bits per heavy atom. The van der Waals surface area contributed by atoms with E-state index in [0.29, 0.717) is 12.1 Å². The van der Waals surface area contributed by atoms with Gasteiger partial charge in [0.15, 0.2) is 0 Å². The first-order valence-electron chi connectivity index (χ1n) is 6.73. The predicted molar refractivity (Wildman–Crippen MR) is 85.3 cm³/mol. The molecule has 0 aliphatic rings. The molecule has 2 rings (SSSR count). The SMILES string of the molecule is CC(CCNS(=O)(=O)c1ccccc1)NC(=O)c1cscn1. The highest BCUT2D eigenvalue weighted by atomic mass is 32.2. The summed E-state index contributed by atoms with van der Waals surface area (Å²) in [5, 5.41) is 4.45. The van der Waals surface area contributed by atoms with Crippen LogP contribution in [-0.4, -0.2) is 31.9 Å². The zero-order valence-electron chi connectivity index (χ0n) is 12.0. The van der Waals surface area contributed by atoms with Crippen LogP contribution in [0.5, 0.6) is 0 Å². The van der Waals surface area contributed by atoms with E-state index >= 15 is 0 Å². The fourth-order valence-electron chi connectivity index (χ4n) is 1.79. The molecule has 0 spiro atoms. The molecule has 0 fully saturated rings. The summed E-state index contributed by atoms with van der Waals surface area (Å²) in [6.45, 7) is 2.07. The van der Waals surface area contributed by atoms with Crippen molar-refractivity contribution in [2.75, 3.05) is 6.54 Å². The van der Waals surface area contributed by atoms with Gasteiger partial charge in [0.1, 0.15) is 5.69 Å². The van der Waals surface area contributed by atoms with Crippen LogP contribution in [0, 0.1) is 0 Å². The lowest BCUT2D eigenvalue weighted by Crippen LogP contribution is -2.36. The quantitative estimate of drug-likeness (QED) is 0.802. The monoisotopic (exact) mass is 339 g/mol. The highest BCUT2D eigenvalue weighted by Gasteiger charge is 2.15. The second-order valence-corrected chi connectivity index (χ2v) is 7.23. The lowest BCUT2D eigenvalue weighted by Gasteiger charge is -2.13. The summed E-state index contributed by atoms with van der Waals surface area (Å²) in [4.78, 5) is 15.9. The van der Waals surface area contributed by atoms with Crippen molar-refractivity contribution in [1.82, 2.24) is 15.0 Å². The average Bonchev–Trinajstić information content (AvgIpc) is 3.02. The van der Waals surface area contributed by atoms with Gasteiger partial charge in [0.05, 0.1) is 10.4 Å². The predicted octanol–water partition coefficient (Wildman–Crippen LogP) is 1.63. The van der Waals surface area contributed by atoms with Crippen molar-refractivity contribution in [2.24, 2.45) is 0 Å². The van der Waals surface area contributed by atoms with Crippen LogP contribution >= 0.6 is 11.3 Å². The molecule has 0 saturated carbocycles. The van der Waals surface area contributed by atoms with Crippen molar-refractivity contribution in [2.45, 2.75) is 24.3 Å². The van der Waals surface area contributed by atoms with Gasteiger partial charge in [-0.05, 0) is 25.5 Å². The van der Waals surface area contributed by atoms with Gasteiger partial charge in [0.2, 0.25) is 10.0 Å². The van der Waals surface area contributed by atoms with E-state index < -0.39 is 10.0 Å². The standard InChI is InChI=1S/C14H17N3O3S2/c1-11(17-14(18)13-9-21-10-15-13)7-8-16-22(19,20)12-5-3-2-4-6-12/h2-6,9-11,16H,7-8H2,1H3,(H,17,18). The molecule has 2 aromatic rings. The molecule has 0 bridgehead atoms. The minimum Gasteiger partial charge on any atom is -0.348 e. The van der Waals surface area contributed by atoms with E-state index in [0.717, 1.165) is 0 Å². The van der Waals surface area contributed by atoms with Crippen LogP contribution in [0.3, 0.4) is 0 Å². The summed E-state index contributed by atoms with van der Waals surface area (Å²) in [5.41, 5.74) is 1.97. The van der Waals surface area contributed by atoms with Crippen molar-refractivity contribution in [3.8, 4) is 0 Å². The lowest BCUT2D eigenvalue weighted by molar-refractivity contribution is 0.0934. The Balaban J connectivity index is 1.80. The number of thiazole rings is 1. The molecular formula is C14H17N3O3S2. The number of hydrogen-bond donors (Lipinski definition) is 2. The largest absolute Gasteiger partial charge is 0.348 e. The average molecular weight is 339 g/mol. The maximum Gasteiger partial charge on any atom is 0.270 e. The highest BCUT2D eigenvalue weighted by Crippen LogP contribution is 2.07. The van der Waals surface area contributed by atoms with E-state index in [1.165, 1.54) is 23.5 Å². The van der Waals surface area contributed by atoms with E-state index in [2.05, 4.69) is 15.0 Å². The number of nitrogens with zero attached hydrogens (tertiary/aromatic N) is 1. The van der Waals surface area contributed by atoms with Gasteiger partial charge in [0, 0.05) is 18.0 Å². The van der Waals surface area contributed by atoms with E-state index in [1.807, 2.05) is 6.92 Å². The molecule has 1 amide bonds. The molecule has 6 nitrogen and oxygen atoms in total. The molecule has 8 heteroatoms. The van der Waals surface area contributed by atoms with Crippen LogP contribution < -0.4 is 10.0 Å². The van der Waals surface area contributed by atoms with Crippen LogP contribution in [0.1, 0.15) is 23.8 Å². The van der Waals surface area contributed by atoms with Crippen molar-refractivity contribution < 1.29 is 13.2 Å². The van der Waals surface area contributed by atoms with Crippen LogP contribution in [0.2, 0.25) is 0 Å². The molecule has 22 heavy (non-hydrogen) atoms. The summed E-state index contributed by atoms with van der Waals surface area (Å²) in [6.07, 6.45) is 0.488. The third-order valence-corrected chi connectivity index (χ3v) is 5.03. The maximum absolute atomic E-state index is 12.0. The molecule has 1 atom stereocenters. The molecule has 1 aromatic carbocycles. The minimum absolute atomic E-state index is 0.160. The number of sulfonamides is 1. The second kappa shape index (κ2) is 7.48. The van der Waals surface area contributed by atoms with Crippen molar-refractivity contribution in [1.29, 1.82) is 0 Å². The Morgan fingerprint density at radius 3 is 2.68 bits per heavy atom. The van der Waals surface area contributed by atoms with Gasteiger partial charge in [-0.2, -0.15) is 0 Å². The Hall–Kier alpha value is -1.77. The van der Waals surface area contributed by atoms with Gasteiger partial charge < -0.3 is 5.32 Å². The number of amides is 1. The number of rotatable bonds is 7. The van der Waals surface area contributed by atoms with Crippen molar-refractivity contribution >= 4 is 27.3 Å². The number of benzene rings is 1. The zero-order chi connectivity index (χ0) is 16.0. The summed E-state index contributed by atoms with van der Waals surface area (Å²) < 4.78 is 26.6. The summed E-state index contributed by atoms with van der Waals surface area (Å²) in [5.74, 6) is -0.250. The molecule has 0 aliphatic heterocycles. The van der Waals surface area contributed by atoms with Gasteiger partial charge in [-0.1, -0.05) is 18.2 Å².